The Bertz CT molecular complexity index is 344. The van der Waals surface area contributed by atoms with Gasteiger partial charge in [0.05, 0.1) is 5.75 Å². The summed E-state index contributed by atoms with van der Waals surface area (Å²) in [5.41, 5.74) is -5.39. The van der Waals surface area contributed by atoms with Crippen molar-refractivity contribution in [1.82, 2.24) is 0 Å². The Morgan fingerprint density at radius 2 is 1.67 bits per heavy atom. The summed E-state index contributed by atoms with van der Waals surface area (Å²) in [6, 6.07) is 0. The van der Waals surface area contributed by atoms with Gasteiger partial charge in [0.15, 0.2) is 0 Å². The maximum atomic E-state index is 11.9. The third kappa shape index (κ3) is 4.85. The fourth-order valence-electron chi connectivity index (χ4n) is 0.832. The van der Waals surface area contributed by atoms with Gasteiger partial charge in [-0.15, -0.1) is 8.42 Å². The molecule has 92 valence electrons. The number of halogens is 3. The summed E-state index contributed by atoms with van der Waals surface area (Å²) < 4.78 is 59.9. The van der Waals surface area contributed by atoms with Crippen molar-refractivity contribution in [3.05, 3.63) is 0 Å². The first kappa shape index (κ1) is 14.7. The third-order valence-electron chi connectivity index (χ3n) is 1.15. The normalized spacial score (nSPS) is 15.1. The lowest BCUT2D eigenvalue weighted by Crippen LogP contribution is -2.31. The Balaban J connectivity index is 4.82. The van der Waals surface area contributed by atoms with Crippen molar-refractivity contribution in [1.29, 1.82) is 0 Å². The van der Waals surface area contributed by atoms with E-state index in [0.717, 1.165) is 0 Å². The number of hydrogen-bond donors (Lipinski definition) is 0. The van der Waals surface area contributed by atoms with E-state index in [2.05, 4.69) is 3.63 Å². The molecule has 0 bridgehead atoms. The molecule has 0 radical (unpaired) electrons. The van der Waals surface area contributed by atoms with Crippen molar-refractivity contribution in [3.8, 4) is 0 Å². The molecule has 0 unspecified atom stereocenters. The Morgan fingerprint density at radius 1 is 1.27 bits per heavy atom. The van der Waals surface area contributed by atoms with Gasteiger partial charge in [-0.25, -0.2) is 0 Å². The van der Waals surface area contributed by atoms with Crippen LogP contribution in [0.2, 0.25) is 0 Å². The van der Waals surface area contributed by atoms with Crippen LogP contribution in [0.1, 0.15) is 6.92 Å². The number of rotatable bonds is 4. The first-order valence-corrected chi connectivity index (χ1v) is 7.65. The molecule has 0 atom stereocenters. The van der Waals surface area contributed by atoms with E-state index in [0.29, 0.717) is 0 Å². The van der Waals surface area contributed by atoms with Crippen LogP contribution in [0.4, 0.5) is 13.2 Å². The second-order valence-electron chi connectivity index (χ2n) is 3.32. The lowest BCUT2D eigenvalue weighted by molar-refractivity contribution is -0.114. The second-order valence-corrected chi connectivity index (χ2v) is 8.58. The van der Waals surface area contributed by atoms with Crippen LogP contribution >= 0.6 is 10.3 Å². The van der Waals surface area contributed by atoms with Crippen LogP contribution < -0.4 is 0 Å². The largest absolute Gasteiger partial charge is 0.572 e. The monoisotopic (exact) mass is 269 g/mol. The highest BCUT2D eigenvalue weighted by Gasteiger charge is 2.55. The predicted octanol–water partition coefficient (Wildman–Crippen LogP) is 1.50. The van der Waals surface area contributed by atoms with Gasteiger partial charge in [-0.3, -0.25) is 8.42 Å². The molecule has 1 N–H and O–H groups in total. The average Bonchev–Trinajstić information content (AvgIpc) is 1.75. The Labute approximate surface area is 87.4 Å². The fourth-order valence-corrected chi connectivity index (χ4v) is 4.50. The van der Waals surface area contributed by atoms with Gasteiger partial charge < -0.3 is 0 Å². The highest BCUT2D eigenvalue weighted by atomic mass is 32.3. The lowest BCUT2D eigenvalue weighted by Gasteiger charge is -2.23. The van der Waals surface area contributed by atoms with Crippen LogP contribution in [0, 0.1) is 0 Å². The predicted molar refractivity (Wildman–Crippen MR) is 52.6 cm³/mol. The molecule has 9 heteroatoms. The zero-order valence-electron chi connectivity index (χ0n) is 8.33. The minimum Gasteiger partial charge on any atom is -0.299 e. The first-order valence-electron chi connectivity index (χ1n) is 3.63. The highest BCUT2D eigenvalue weighted by molar-refractivity contribution is 8.31. The molecule has 0 aromatic heterocycles. The summed E-state index contributed by atoms with van der Waals surface area (Å²) in [4.78, 5) is 10.7. The molecule has 0 aliphatic carbocycles. The molecule has 0 aromatic rings. The van der Waals surface area contributed by atoms with Gasteiger partial charge in [0.1, 0.15) is 5.78 Å². The summed E-state index contributed by atoms with van der Waals surface area (Å²) in [5, 5.41) is 0. The van der Waals surface area contributed by atoms with E-state index in [4.69, 9.17) is 0 Å². The van der Waals surface area contributed by atoms with Crippen molar-refractivity contribution in [2.45, 2.75) is 12.4 Å². The molecular weight excluding hydrogens is 257 g/mol. The van der Waals surface area contributed by atoms with E-state index >= 15 is 0 Å². The summed E-state index contributed by atoms with van der Waals surface area (Å²) in [5.74, 6) is -0.668. The van der Waals surface area contributed by atoms with Crippen LogP contribution in [0.5, 0.6) is 0 Å². The van der Waals surface area contributed by atoms with Crippen LogP contribution in [0.25, 0.3) is 0 Å². The molecule has 0 aromatic carbocycles. The van der Waals surface area contributed by atoms with Gasteiger partial charge in [0, 0.05) is 12.5 Å². The van der Waals surface area contributed by atoms with Gasteiger partial charge >= 0.3 is 15.6 Å². The molecule has 0 saturated heterocycles. The number of ketones is 1. The zero-order chi connectivity index (χ0) is 12.5. The summed E-state index contributed by atoms with van der Waals surface area (Å²) in [7, 11) is -7.95. The smallest absolute Gasteiger partial charge is 0.299 e. The summed E-state index contributed by atoms with van der Waals surface area (Å²) in [6.45, 7) is 1.17. The van der Waals surface area contributed by atoms with Crippen LogP contribution in [0.3, 0.4) is 0 Å². The zero-order valence-corrected chi connectivity index (χ0v) is 9.96. The topological polar surface area (TPSA) is 64.0 Å². The molecule has 0 aliphatic rings. The van der Waals surface area contributed by atoms with Gasteiger partial charge in [-0.1, -0.05) is 0 Å². The van der Waals surface area contributed by atoms with E-state index < -0.39 is 31.7 Å². The fraction of sp³-hybridized carbons (Fsp3) is 0.833. The second kappa shape index (κ2) is 4.30. The standard InChI is InChI=1S/C6H11F3O4S2/c1-5(10)4-14(2,3)13-15(11,12)6(7,8)9/h4H2,1-3H3/p+1. The highest BCUT2D eigenvalue weighted by Crippen LogP contribution is 2.43. The Hall–Kier alpha value is -0.280. The Kier molecular flexibility index (Phi) is 4.22. The van der Waals surface area contributed by atoms with Crippen molar-refractivity contribution >= 4 is 26.2 Å². The van der Waals surface area contributed by atoms with E-state index in [1.165, 1.54) is 19.4 Å². The summed E-state index contributed by atoms with van der Waals surface area (Å²) >= 11 is 0. The van der Waals surface area contributed by atoms with Gasteiger partial charge in [0.25, 0.3) is 0 Å². The summed E-state index contributed by atoms with van der Waals surface area (Å²) in [6.07, 6.45) is 2.47. The SMILES string of the molecule is CC(=O)CS(C)(C)[OH+]S(=O)(=O)C(F)(F)F. The van der Waals surface area contributed by atoms with E-state index in [1.54, 1.807) is 0 Å². The number of carbonyl (C=O) groups is 1. The van der Waals surface area contributed by atoms with Crippen molar-refractivity contribution in [2.24, 2.45) is 0 Å². The van der Waals surface area contributed by atoms with E-state index in [9.17, 15) is 26.4 Å². The Morgan fingerprint density at radius 3 is 1.93 bits per heavy atom. The molecule has 4 nitrogen and oxygen atoms in total. The molecule has 0 rings (SSSR count). The minimum atomic E-state index is -5.49. The average molecular weight is 269 g/mol. The third-order valence-corrected chi connectivity index (χ3v) is 5.25. The molecule has 0 spiro atoms. The molecule has 0 aliphatic heterocycles. The lowest BCUT2D eigenvalue weighted by atomic mass is 10.5. The number of carbonyl (C=O) groups excluding carboxylic acids is 1. The van der Waals surface area contributed by atoms with Gasteiger partial charge in [-0.2, -0.15) is 13.2 Å². The van der Waals surface area contributed by atoms with Crippen LogP contribution in [-0.2, 0) is 14.9 Å². The van der Waals surface area contributed by atoms with E-state index in [-0.39, 0.29) is 5.75 Å². The van der Waals surface area contributed by atoms with Crippen LogP contribution in [-0.4, -0.2) is 41.6 Å². The molecule has 0 heterocycles. The maximum absolute atomic E-state index is 11.9. The quantitative estimate of drug-likeness (QED) is 0.441. The first-order chi connectivity index (χ1) is 6.37. The van der Waals surface area contributed by atoms with Crippen LogP contribution in [0.15, 0.2) is 0 Å². The number of hydrogen-bond acceptors (Lipinski definition) is 3. The van der Waals surface area contributed by atoms with E-state index in [1.807, 2.05) is 0 Å². The minimum absolute atomic E-state index is 0.275. The molecule has 0 fully saturated rings. The van der Waals surface area contributed by atoms with Crippen molar-refractivity contribution < 1.29 is 30.0 Å². The van der Waals surface area contributed by atoms with Crippen molar-refractivity contribution in [2.75, 3.05) is 18.3 Å². The molecular formula is C6H12F3O4S2+. The van der Waals surface area contributed by atoms with Gasteiger partial charge in [-0.05, 0) is 17.2 Å². The van der Waals surface area contributed by atoms with Gasteiger partial charge in [0.2, 0.25) is 0 Å². The maximum Gasteiger partial charge on any atom is 0.572 e. The molecule has 0 saturated carbocycles. The molecule has 0 amide bonds. The molecule has 15 heavy (non-hydrogen) atoms. The number of Topliss-reactive ketones (excluding diaryl/α,β-unsaturated/α-hetero) is 1. The van der Waals surface area contributed by atoms with Crippen molar-refractivity contribution in [3.63, 3.8) is 0 Å². The number of alkyl halides is 3.